The molecule has 0 aliphatic carbocycles. The van der Waals surface area contributed by atoms with Crippen LogP contribution in [0.1, 0.15) is 28.4 Å². The zero-order valence-electron chi connectivity index (χ0n) is 16.5. The number of rotatable bonds is 3. The molecule has 0 saturated heterocycles. The third kappa shape index (κ3) is 3.05. The summed E-state index contributed by atoms with van der Waals surface area (Å²) in [4.78, 5) is 3.86. The number of aryl methyl sites for hydroxylation is 1. The van der Waals surface area contributed by atoms with Crippen molar-refractivity contribution in [3.8, 4) is 0 Å². The van der Waals surface area contributed by atoms with Crippen molar-refractivity contribution >= 4 is 32.5 Å². The van der Waals surface area contributed by atoms with E-state index in [0.29, 0.717) is 22.9 Å². The highest BCUT2D eigenvalue weighted by Gasteiger charge is 2.39. The average molecular weight is 437 g/mol. The predicted octanol–water partition coefficient (Wildman–Crippen LogP) is 5.47. The fraction of sp³-hybridized carbons (Fsp3) is 0.167. The fourth-order valence-corrected chi connectivity index (χ4v) is 6.37. The maximum absolute atomic E-state index is 13.8. The van der Waals surface area contributed by atoms with E-state index in [2.05, 4.69) is 11.1 Å². The van der Waals surface area contributed by atoms with E-state index in [1.54, 1.807) is 16.4 Å². The van der Waals surface area contributed by atoms with Gasteiger partial charge in [-0.3, -0.25) is 0 Å². The number of nitrogens with one attached hydrogen (secondary N) is 1. The largest absolute Gasteiger partial charge is 0.357 e. The number of halogens is 1. The summed E-state index contributed by atoms with van der Waals surface area (Å²) in [5, 5.41) is 1.78. The number of fused-ring (bicyclic) bond motifs is 3. The van der Waals surface area contributed by atoms with Gasteiger partial charge < -0.3 is 4.98 Å². The molecule has 1 aromatic heterocycles. The summed E-state index contributed by atoms with van der Waals surface area (Å²) in [6.07, 6.45) is 0.661. The highest BCUT2D eigenvalue weighted by Crippen LogP contribution is 2.41. The van der Waals surface area contributed by atoms with Crippen LogP contribution in [0.25, 0.3) is 10.9 Å². The van der Waals surface area contributed by atoms with E-state index >= 15 is 0 Å². The third-order valence-corrected chi connectivity index (χ3v) is 8.13. The molecule has 6 heteroatoms. The topological polar surface area (TPSA) is 53.2 Å². The van der Waals surface area contributed by atoms with Crippen molar-refractivity contribution in [2.45, 2.75) is 24.3 Å². The minimum absolute atomic E-state index is 0.350. The van der Waals surface area contributed by atoms with Gasteiger partial charge in [-0.25, -0.2) is 8.42 Å². The normalized spacial score (nSPS) is 17.2. The molecule has 2 heterocycles. The quantitative estimate of drug-likeness (QED) is 0.463. The molecule has 0 bridgehead atoms. The van der Waals surface area contributed by atoms with Crippen molar-refractivity contribution < 1.29 is 8.42 Å². The van der Waals surface area contributed by atoms with E-state index in [0.717, 1.165) is 27.7 Å². The van der Waals surface area contributed by atoms with Crippen LogP contribution in [0.4, 0.5) is 0 Å². The van der Waals surface area contributed by atoms with Gasteiger partial charge in [-0.15, -0.1) is 0 Å². The van der Waals surface area contributed by atoms with Crippen LogP contribution in [0.15, 0.2) is 77.7 Å². The van der Waals surface area contributed by atoms with Gasteiger partial charge in [-0.05, 0) is 54.3 Å². The molecule has 30 heavy (non-hydrogen) atoms. The third-order valence-electron chi connectivity index (χ3n) is 5.86. The lowest BCUT2D eigenvalue weighted by Crippen LogP contribution is -2.40. The molecule has 152 valence electrons. The standard InChI is InChI=1S/C24H21ClN2O2S/c1-16-6-2-5-9-22(16)30(28,29)27-15-14-20-19-7-3-4-8-21(19)26-23(20)24(27)17-10-12-18(25)13-11-17/h2-13,24,26H,14-15H2,1H3/t24-/m1/s1. The molecule has 1 aliphatic rings. The van der Waals surface area contributed by atoms with Crippen LogP contribution in [0.2, 0.25) is 5.02 Å². The zero-order chi connectivity index (χ0) is 20.9. The Hall–Kier alpha value is -2.60. The summed E-state index contributed by atoms with van der Waals surface area (Å²) in [6.45, 7) is 2.25. The summed E-state index contributed by atoms with van der Waals surface area (Å²) >= 11 is 6.12. The lowest BCUT2D eigenvalue weighted by Gasteiger charge is -2.35. The Morgan fingerprint density at radius 3 is 2.43 bits per heavy atom. The highest BCUT2D eigenvalue weighted by molar-refractivity contribution is 7.89. The lowest BCUT2D eigenvalue weighted by atomic mass is 9.94. The molecule has 0 fully saturated rings. The number of benzene rings is 3. The molecule has 0 spiro atoms. The molecule has 0 saturated carbocycles. The second kappa shape index (κ2) is 7.27. The van der Waals surface area contributed by atoms with E-state index in [-0.39, 0.29) is 0 Å². The van der Waals surface area contributed by atoms with Gasteiger partial charge in [0.2, 0.25) is 10.0 Å². The summed E-state index contributed by atoms with van der Waals surface area (Å²) in [5.41, 5.74) is 4.78. The first-order chi connectivity index (χ1) is 14.5. The van der Waals surface area contributed by atoms with Crippen molar-refractivity contribution in [2.24, 2.45) is 0 Å². The number of H-pyrrole nitrogens is 1. The Labute approximate surface area is 181 Å². The molecule has 1 aliphatic heterocycles. The molecular weight excluding hydrogens is 416 g/mol. The first-order valence-electron chi connectivity index (χ1n) is 9.89. The predicted molar refractivity (Wildman–Crippen MR) is 120 cm³/mol. The summed E-state index contributed by atoms with van der Waals surface area (Å²) < 4.78 is 29.2. The van der Waals surface area contributed by atoms with Crippen molar-refractivity contribution in [1.29, 1.82) is 0 Å². The first-order valence-corrected chi connectivity index (χ1v) is 11.7. The van der Waals surface area contributed by atoms with Crippen molar-refractivity contribution in [1.82, 2.24) is 9.29 Å². The summed E-state index contributed by atoms with van der Waals surface area (Å²) in [6, 6.07) is 22.3. The molecular formula is C24H21ClN2O2S. The van der Waals surface area contributed by atoms with Crippen LogP contribution in [0.5, 0.6) is 0 Å². The van der Waals surface area contributed by atoms with E-state index in [9.17, 15) is 8.42 Å². The van der Waals surface area contributed by atoms with Crippen LogP contribution in [0.3, 0.4) is 0 Å². The number of para-hydroxylation sites is 1. The van der Waals surface area contributed by atoms with Gasteiger partial charge in [-0.2, -0.15) is 4.31 Å². The van der Waals surface area contributed by atoms with E-state index in [1.165, 1.54) is 5.56 Å². The van der Waals surface area contributed by atoms with Gasteiger partial charge in [0.1, 0.15) is 0 Å². The molecule has 0 radical (unpaired) electrons. The zero-order valence-corrected chi connectivity index (χ0v) is 18.0. The second-order valence-corrected chi connectivity index (χ2v) is 9.94. The van der Waals surface area contributed by atoms with Gasteiger partial charge in [0.05, 0.1) is 10.9 Å². The Bertz CT molecular complexity index is 1340. The minimum atomic E-state index is -3.70. The van der Waals surface area contributed by atoms with Crippen molar-refractivity contribution in [3.63, 3.8) is 0 Å². The Morgan fingerprint density at radius 1 is 0.967 bits per heavy atom. The van der Waals surface area contributed by atoms with Crippen LogP contribution in [0, 0.1) is 6.92 Å². The van der Waals surface area contributed by atoms with Gasteiger partial charge in [0.15, 0.2) is 0 Å². The first kappa shape index (κ1) is 19.4. The molecule has 0 unspecified atom stereocenters. The van der Waals surface area contributed by atoms with Gasteiger partial charge in [0, 0.05) is 28.2 Å². The number of aromatic amines is 1. The Kier molecular flexibility index (Phi) is 4.69. The van der Waals surface area contributed by atoms with E-state index in [4.69, 9.17) is 11.6 Å². The van der Waals surface area contributed by atoms with E-state index < -0.39 is 16.1 Å². The van der Waals surface area contributed by atoms with Crippen LogP contribution < -0.4 is 0 Å². The molecule has 4 nitrogen and oxygen atoms in total. The Balaban J connectivity index is 1.73. The van der Waals surface area contributed by atoms with Crippen molar-refractivity contribution in [3.05, 3.63) is 100 Å². The lowest BCUT2D eigenvalue weighted by molar-refractivity contribution is 0.340. The van der Waals surface area contributed by atoms with Gasteiger partial charge >= 0.3 is 0 Å². The van der Waals surface area contributed by atoms with Gasteiger partial charge in [0.25, 0.3) is 0 Å². The fourth-order valence-electron chi connectivity index (χ4n) is 4.43. The maximum Gasteiger partial charge on any atom is 0.244 e. The molecule has 5 rings (SSSR count). The summed E-state index contributed by atoms with van der Waals surface area (Å²) in [7, 11) is -3.70. The highest BCUT2D eigenvalue weighted by atomic mass is 35.5. The van der Waals surface area contributed by atoms with Crippen LogP contribution in [-0.4, -0.2) is 24.3 Å². The number of sulfonamides is 1. The monoisotopic (exact) mass is 436 g/mol. The molecule has 1 N–H and O–H groups in total. The summed E-state index contributed by atoms with van der Waals surface area (Å²) in [5.74, 6) is 0. The molecule has 4 aromatic rings. The molecule has 0 amide bonds. The minimum Gasteiger partial charge on any atom is -0.357 e. The van der Waals surface area contributed by atoms with E-state index in [1.807, 2.05) is 61.5 Å². The molecule has 1 atom stereocenters. The van der Waals surface area contributed by atoms with Crippen molar-refractivity contribution in [2.75, 3.05) is 6.54 Å². The van der Waals surface area contributed by atoms with Crippen LogP contribution >= 0.6 is 11.6 Å². The number of hydrogen-bond donors (Lipinski definition) is 1. The second-order valence-electron chi connectivity index (χ2n) is 7.65. The average Bonchev–Trinajstić information content (AvgIpc) is 3.13. The molecule has 3 aromatic carbocycles. The van der Waals surface area contributed by atoms with Crippen LogP contribution in [-0.2, 0) is 16.4 Å². The number of hydrogen-bond acceptors (Lipinski definition) is 2. The SMILES string of the molecule is Cc1ccccc1S(=O)(=O)N1CCc2c([nH]c3ccccc23)[C@H]1c1ccc(Cl)cc1. The smallest absolute Gasteiger partial charge is 0.244 e. The maximum atomic E-state index is 13.8. The number of aromatic nitrogens is 1. The number of nitrogens with zero attached hydrogens (tertiary/aromatic N) is 1. The Morgan fingerprint density at radius 2 is 1.67 bits per heavy atom. The van der Waals surface area contributed by atoms with Gasteiger partial charge in [-0.1, -0.05) is 60.1 Å².